The predicted octanol–water partition coefficient (Wildman–Crippen LogP) is 3.26. The zero-order valence-electron chi connectivity index (χ0n) is 12.3. The first-order valence-electron chi connectivity index (χ1n) is 7.50. The quantitative estimate of drug-likeness (QED) is 0.840. The molecule has 0 saturated heterocycles. The van der Waals surface area contributed by atoms with Crippen molar-refractivity contribution in [3.63, 3.8) is 0 Å². The van der Waals surface area contributed by atoms with Gasteiger partial charge in [-0.1, -0.05) is 57.0 Å². The van der Waals surface area contributed by atoms with E-state index in [4.69, 9.17) is 4.74 Å². The Kier molecular flexibility index (Phi) is 4.81. The average Bonchev–Trinajstić information content (AvgIpc) is 2.99. The van der Waals surface area contributed by atoms with Gasteiger partial charge in [0.15, 0.2) is 5.60 Å². The number of ether oxygens (including phenoxy) is 1. The van der Waals surface area contributed by atoms with Gasteiger partial charge in [-0.05, 0) is 24.3 Å². The van der Waals surface area contributed by atoms with E-state index in [1.807, 2.05) is 44.2 Å². The van der Waals surface area contributed by atoms with Crippen LogP contribution in [0.1, 0.15) is 45.1 Å². The van der Waals surface area contributed by atoms with Crippen LogP contribution in [0.15, 0.2) is 30.3 Å². The fourth-order valence-corrected chi connectivity index (χ4v) is 2.91. The first kappa shape index (κ1) is 15.0. The second-order valence-corrected chi connectivity index (χ2v) is 6.11. The molecule has 0 bridgehead atoms. The van der Waals surface area contributed by atoms with Gasteiger partial charge in [0.1, 0.15) is 0 Å². The summed E-state index contributed by atoms with van der Waals surface area (Å²) in [6, 6.07) is 9.22. The number of rotatable bonds is 5. The molecule has 1 aromatic carbocycles. The summed E-state index contributed by atoms with van der Waals surface area (Å²) in [6.45, 7) is 4.33. The molecule has 0 aliphatic heterocycles. The second kappa shape index (κ2) is 6.40. The molecule has 0 radical (unpaired) electrons. The van der Waals surface area contributed by atoms with Crippen molar-refractivity contribution in [1.29, 1.82) is 0 Å². The van der Waals surface area contributed by atoms with E-state index in [0.717, 1.165) is 25.7 Å². The third kappa shape index (κ3) is 3.04. The molecule has 20 heavy (non-hydrogen) atoms. The van der Waals surface area contributed by atoms with Gasteiger partial charge in [-0.3, -0.25) is 0 Å². The van der Waals surface area contributed by atoms with Gasteiger partial charge in [0.25, 0.3) is 0 Å². The van der Waals surface area contributed by atoms with E-state index in [2.05, 4.69) is 0 Å². The van der Waals surface area contributed by atoms with E-state index < -0.39 is 11.6 Å². The van der Waals surface area contributed by atoms with Gasteiger partial charge >= 0.3 is 5.97 Å². The number of carbonyl (C=O) groups is 1. The number of hydrogen-bond acceptors (Lipinski definition) is 3. The van der Waals surface area contributed by atoms with Gasteiger partial charge in [0.05, 0.1) is 6.61 Å². The Balaban J connectivity index is 2.26. The summed E-state index contributed by atoms with van der Waals surface area (Å²) in [5.41, 5.74) is -0.840. The Morgan fingerprint density at radius 1 is 1.30 bits per heavy atom. The van der Waals surface area contributed by atoms with Gasteiger partial charge in [-0.2, -0.15) is 0 Å². The highest BCUT2D eigenvalue weighted by Gasteiger charge is 2.47. The first-order valence-corrected chi connectivity index (χ1v) is 7.50. The monoisotopic (exact) mass is 276 g/mol. The van der Waals surface area contributed by atoms with E-state index >= 15 is 0 Å². The van der Waals surface area contributed by atoms with Crippen LogP contribution in [0.4, 0.5) is 0 Å². The Labute approximate surface area is 121 Å². The minimum absolute atomic E-state index is 0.0374. The molecule has 3 heteroatoms. The zero-order chi connectivity index (χ0) is 14.6. The molecule has 1 atom stereocenters. The zero-order valence-corrected chi connectivity index (χ0v) is 12.3. The van der Waals surface area contributed by atoms with E-state index in [9.17, 15) is 9.90 Å². The molecule has 1 aliphatic carbocycles. The van der Waals surface area contributed by atoms with Crippen LogP contribution in [0, 0.1) is 11.8 Å². The Hall–Kier alpha value is -1.35. The molecule has 0 amide bonds. The molecule has 0 heterocycles. The van der Waals surface area contributed by atoms with Gasteiger partial charge in [-0.15, -0.1) is 0 Å². The lowest BCUT2D eigenvalue weighted by atomic mass is 9.80. The van der Waals surface area contributed by atoms with Crippen LogP contribution in [0.2, 0.25) is 0 Å². The molecule has 1 N–H and O–H groups in total. The van der Waals surface area contributed by atoms with Gasteiger partial charge in [0.2, 0.25) is 0 Å². The van der Waals surface area contributed by atoms with Gasteiger partial charge in [-0.25, -0.2) is 4.79 Å². The van der Waals surface area contributed by atoms with Crippen LogP contribution < -0.4 is 0 Å². The third-order valence-corrected chi connectivity index (χ3v) is 4.02. The summed E-state index contributed by atoms with van der Waals surface area (Å²) in [7, 11) is 0. The van der Waals surface area contributed by atoms with Crippen molar-refractivity contribution in [2.24, 2.45) is 11.8 Å². The lowest BCUT2D eigenvalue weighted by molar-refractivity contribution is -0.174. The van der Waals surface area contributed by atoms with Crippen LogP contribution in [0.25, 0.3) is 0 Å². The van der Waals surface area contributed by atoms with E-state index in [-0.39, 0.29) is 11.8 Å². The smallest absolute Gasteiger partial charge is 0.343 e. The average molecular weight is 276 g/mol. The van der Waals surface area contributed by atoms with Crippen molar-refractivity contribution < 1.29 is 14.6 Å². The number of aliphatic hydroxyl groups is 1. The van der Waals surface area contributed by atoms with Crippen LogP contribution in [0.5, 0.6) is 0 Å². The molecule has 3 nitrogen and oxygen atoms in total. The summed E-state index contributed by atoms with van der Waals surface area (Å²) < 4.78 is 5.35. The predicted molar refractivity (Wildman–Crippen MR) is 78.1 cm³/mol. The molecule has 0 aromatic heterocycles. The van der Waals surface area contributed by atoms with Crippen LogP contribution >= 0.6 is 0 Å². The van der Waals surface area contributed by atoms with Gasteiger partial charge in [0, 0.05) is 5.92 Å². The highest BCUT2D eigenvalue weighted by Crippen LogP contribution is 2.41. The normalized spacial score (nSPS) is 19.0. The van der Waals surface area contributed by atoms with Crippen molar-refractivity contribution >= 4 is 5.97 Å². The molecule has 1 unspecified atom stereocenters. The maximum Gasteiger partial charge on any atom is 0.343 e. The van der Waals surface area contributed by atoms with Gasteiger partial charge < -0.3 is 9.84 Å². The maximum absolute atomic E-state index is 12.5. The fourth-order valence-electron chi connectivity index (χ4n) is 2.91. The highest BCUT2D eigenvalue weighted by atomic mass is 16.5. The number of benzene rings is 1. The molecule has 1 aliphatic rings. The fraction of sp³-hybridized carbons (Fsp3) is 0.588. The third-order valence-electron chi connectivity index (χ3n) is 4.02. The SMILES string of the molecule is CC(C)COC(=O)C(O)(c1ccccc1)C1CCCC1. The summed E-state index contributed by atoms with van der Waals surface area (Å²) in [4.78, 5) is 12.5. The lowest BCUT2D eigenvalue weighted by Crippen LogP contribution is -2.43. The van der Waals surface area contributed by atoms with E-state index in [1.165, 1.54) is 0 Å². The number of hydrogen-bond donors (Lipinski definition) is 1. The lowest BCUT2D eigenvalue weighted by Gasteiger charge is -2.32. The minimum atomic E-state index is -1.49. The summed E-state index contributed by atoms with van der Waals surface area (Å²) in [6.07, 6.45) is 3.89. The molecule has 1 aromatic rings. The molecular formula is C17H24O3. The molecule has 2 rings (SSSR count). The van der Waals surface area contributed by atoms with Crippen LogP contribution in [-0.2, 0) is 15.1 Å². The van der Waals surface area contributed by atoms with Crippen LogP contribution in [0.3, 0.4) is 0 Å². The standard InChI is InChI=1S/C17H24O3/c1-13(2)12-20-16(18)17(19,15-10-6-7-11-15)14-8-4-3-5-9-14/h3-5,8-9,13,15,19H,6-7,10-12H2,1-2H3. The first-order chi connectivity index (χ1) is 9.55. The van der Waals surface area contributed by atoms with Crippen molar-refractivity contribution in [2.75, 3.05) is 6.61 Å². The maximum atomic E-state index is 12.5. The van der Waals surface area contributed by atoms with Crippen molar-refractivity contribution in [3.8, 4) is 0 Å². The Morgan fingerprint density at radius 3 is 2.45 bits per heavy atom. The second-order valence-electron chi connectivity index (χ2n) is 6.11. The van der Waals surface area contributed by atoms with Crippen molar-refractivity contribution in [2.45, 2.75) is 45.1 Å². The highest BCUT2D eigenvalue weighted by molar-refractivity contribution is 5.81. The number of carbonyl (C=O) groups excluding carboxylic acids is 1. The van der Waals surface area contributed by atoms with Crippen molar-refractivity contribution in [3.05, 3.63) is 35.9 Å². The minimum Gasteiger partial charge on any atom is -0.463 e. The topological polar surface area (TPSA) is 46.5 Å². The summed E-state index contributed by atoms with van der Waals surface area (Å²) in [5, 5.41) is 11.1. The van der Waals surface area contributed by atoms with Crippen LogP contribution in [-0.4, -0.2) is 17.7 Å². The summed E-state index contributed by atoms with van der Waals surface area (Å²) >= 11 is 0. The summed E-state index contributed by atoms with van der Waals surface area (Å²) in [5.74, 6) is -0.267. The molecule has 0 spiro atoms. The molecule has 110 valence electrons. The molecule has 1 fully saturated rings. The van der Waals surface area contributed by atoms with E-state index in [0.29, 0.717) is 12.2 Å². The Morgan fingerprint density at radius 2 is 1.90 bits per heavy atom. The number of esters is 1. The Bertz CT molecular complexity index is 435. The van der Waals surface area contributed by atoms with E-state index in [1.54, 1.807) is 0 Å². The molecular weight excluding hydrogens is 252 g/mol. The molecule has 1 saturated carbocycles. The van der Waals surface area contributed by atoms with Crippen molar-refractivity contribution in [1.82, 2.24) is 0 Å². The largest absolute Gasteiger partial charge is 0.463 e.